The van der Waals surface area contributed by atoms with Crippen LogP contribution in [0.3, 0.4) is 0 Å². The molecule has 0 aliphatic carbocycles. The van der Waals surface area contributed by atoms with Gasteiger partial charge in [0.25, 0.3) is 5.91 Å². The minimum Gasteiger partial charge on any atom is -0.496 e. The van der Waals surface area contributed by atoms with Crippen molar-refractivity contribution in [3.8, 4) is 16.9 Å². The van der Waals surface area contributed by atoms with Crippen LogP contribution in [0.15, 0.2) is 71.6 Å². The first-order valence-electron chi connectivity index (χ1n) is 10.0. The van der Waals surface area contributed by atoms with Crippen molar-refractivity contribution in [2.75, 3.05) is 20.7 Å². The van der Waals surface area contributed by atoms with Crippen LogP contribution < -0.4 is 9.46 Å². The molecular weight excluding hydrogens is 412 g/mol. The van der Waals surface area contributed by atoms with E-state index in [-0.39, 0.29) is 10.8 Å². The average molecular weight is 437 g/mol. The van der Waals surface area contributed by atoms with E-state index in [0.717, 1.165) is 22.3 Å². The molecule has 0 bridgehead atoms. The molecule has 0 radical (unpaired) electrons. The number of benzene rings is 3. The predicted octanol–water partition coefficient (Wildman–Crippen LogP) is 3.47. The van der Waals surface area contributed by atoms with E-state index in [1.54, 1.807) is 24.1 Å². The van der Waals surface area contributed by atoms with Crippen molar-refractivity contribution >= 4 is 15.9 Å². The Morgan fingerprint density at radius 2 is 1.68 bits per heavy atom. The molecular formula is C24H24N2O4S. The second kappa shape index (κ2) is 8.53. The van der Waals surface area contributed by atoms with Gasteiger partial charge in [-0.1, -0.05) is 48.5 Å². The monoisotopic (exact) mass is 436 g/mol. The minimum atomic E-state index is -3.55. The summed E-state index contributed by atoms with van der Waals surface area (Å²) in [5.74, 6) is 0.614. The van der Waals surface area contributed by atoms with Crippen LogP contribution in [0.2, 0.25) is 0 Å². The highest BCUT2D eigenvalue weighted by Crippen LogP contribution is 2.34. The molecule has 0 saturated heterocycles. The van der Waals surface area contributed by atoms with Gasteiger partial charge in [-0.25, -0.2) is 13.1 Å². The molecule has 1 heterocycles. The summed E-state index contributed by atoms with van der Waals surface area (Å²) in [5.41, 5.74) is 3.88. The highest BCUT2D eigenvalue weighted by Gasteiger charge is 2.28. The molecule has 1 N–H and O–H groups in total. The number of fused-ring (bicyclic) bond motifs is 1. The normalized spacial score (nSPS) is 13.5. The van der Waals surface area contributed by atoms with Crippen LogP contribution in [0.1, 0.15) is 21.5 Å². The smallest absolute Gasteiger partial charge is 0.254 e. The summed E-state index contributed by atoms with van der Waals surface area (Å²) in [5, 5.41) is 0. The standard InChI is InChI=1S/C24H24N2O4S/c1-25-31(28,29)23-13-7-8-17-16-26(15-14-18(17)23)24(27)21-11-4-3-9-19(21)20-10-5-6-12-22(20)30-2/h3-13,25H,14-16H2,1-2H3. The van der Waals surface area contributed by atoms with Gasteiger partial charge in [0, 0.05) is 24.2 Å². The number of nitrogens with zero attached hydrogens (tertiary/aromatic N) is 1. The van der Waals surface area contributed by atoms with Crippen LogP contribution in [0.25, 0.3) is 11.1 Å². The molecule has 0 aromatic heterocycles. The van der Waals surface area contributed by atoms with E-state index in [1.807, 2.05) is 54.6 Å². The molecule has 0 spiro atoms. The van der Waals surface area contributed by atoms with E-state index >= 15 is 0 Å². The fourth-order valence-electron chi connectivity index (χ4n) is 4.05. The summed E-state index contributed by atoms with van der Waals surface area (Å²) in [6.45, 7) is 0.809. The zero-order valence-corrected chi connectivity index (χ0v) is 18.3. The van der Waals surface area contributed by atoms with Crippen molar-refractivity contribution in [1.82, 2.24) is 9.62 Å². The van der Waals surface area contributed by atoms with E-state index in [1.165, 1.54) is 7.05 Å². The van der Waals surface area contributed by atoms with E-state index in [2.05, 4.69) is 4.72 Å². The van der Waals surface area contributed by atoms with Crippen LogP contribution in [-0.2, 0) is 23.0 Å². The Labute approximate surface area is 182 Å². The van der Waals surface area contributed by atoms with Crippen LogP contribution in [-0.4, -0.2) is 39.9 Å². The summed E-state index contributed by atoms with van der Waals surface area (Å²) >= 11 is 0. The van der Waals surface area contributed by atoms with Gasteiger partial charge in [-0.05, 0) is 48.4 Å². The van der Waals surface area contributed by atoms with Gasteiger partial charge in [-0.2, -0.15) is 0 Å². The number of hydrogen-bond acceptors (Lipinski definition) is 4. The number of methoxy groups -OCH3 is 1. The molecule has 160 valence electrons. The van der Waals surface area contributed by atoms with Gasteiger partial charge in [-0.15, -0.1) is 0 Å². The summed E-state index contributed by atoms with van der Waals surface area (Å²) in [7, 11) is -0.530. The summed E-state index contributed by atoms with van der Waals surface area (Å²) in [4.78, 5) is 15.6. The molecule has 0 unspecified atom stereocenters. The van der Waals surface area contributed by atoms with Gasteiger partial charge in [0.2, 0.25) is 10.0 Å². The molecule has 0 atom stereocenters. The molecule has 1 amide bonds. The predicted molar refractivity (Wildman–Crippen MR) is 120 cm³/mol. The molecule has 0 fully saturated rings. The molecule has 6 nitrogen and oxygen atoms in total. The van der Waals surface area contributed by atoms with Crippen LogP contribution in [0.5, 0.6) is 5.75 Å². The average Bonchev–Trinajstić information content (AvgIpc) is 2.82. The fourth-order valence-corrected chi connectivity index (χ4v) is 5.09. The third kappa shape index (κ3) is 3.94. The number of carbonyl (C=O) groups is 1. The number of hydrogen-bond donors (Lipinski definition) is 1. The maximum atomic E-state index is 13.5. The molecule has 3 aromatic rings. The van der Waals surface area contributed by atoms with Crippen molar-refractivity contribution < 1.29 is 17.9 Å². The zero-order chi connectivity index (χ0) is 22.0. The summed E-state index contributed by atoms with van der Waals surface area (Å²) < 4.78 is 32.6. The zero-order valence-electron chi connectivity index (χ0n) is 17.5. The molecule has 7 heteroatoms. The largest absolute Gasteiger partial charge is 0.496 e. The number of ether oxygens (including phenoxy) is 1. The first kappa shape index (κ1) is 21.1. The Morgan fingerprint density at radius 1 is 0.968 bits per heavy atom. The summed E-state index contributed by atoms with van der Waals surface area (Å²) in [6.07, 6.45) is 0.481. The minimum absolute atomic E-state index is 0.0889. The van der Waals surface area contributed by atoms with Crippen molar-refractivity contribution in [3.05, 3.63) is 83.4 Å². The number of nitrogens with one attached hydrogen (secondary N) is 1. The third-order valence-corrected chi connectivity index (χ3v) is 7.12. The van der Waals surface area contributed by atoms with Crippen molar-refractivity contribution in [3.63, 3.8) is 0 Å². The van der Waals surface area contributed by atoms with Gasteiger partial charge in [-0.3, -0.25) is 4.79 Å². The van der Waals surface area contributed by atoms with Crippen molar-refractivity contribution in [1.29, 1.82) is 0 Å². The maximum Gasteiger partial charge on any atom is 0.254 e. The number of rotatable bonds is 5. The lowest BCUT2D eigenvalue weighted by molar-refractivity contribution is 0.0735. The van der Waals surface area contributed by atoms with Gasteiger partial charge in [0.15, 0.2) is 0 Å². The van der Waals surface area contributed by atoms with Gasteiger partial charge in [0.1, 0.15) is 5.75 Å². The number of carbonyl (C=O) groups excluding carboxylic acids is 1. The van der Waals surface area contributed by atoms with E-state index in [0.29, 0.717) is 30.8 Å². The van der Waals surface area contributed by atoms with Gasteiger partial charge in [0.05, 0.1) is 12.0 Å². The lowest BCUT2D eigenvalue weighted by atomic mass is 9.95. The Kier molecular flexibility index (Phi) is 5.80. The highest BCUT2D eigenvalue weighted by atomic mass is 32.2. The Bertz CT molecular complexity index is 1240. The van der Waals surface area contributed by atoms with E-state index < -0.39 is 10.0 Å². The number of amides is 1. The first-order chi connectivity index (χ1) is 15.0. The number of sulfonamides is 1. The molecule has 0 saturated carbocycles. The third-order valence-electron chi connectivity index (χ3n) is 5.62. The van der Waals surface area contributed by atoms with Crippen molar-refractivity contribution in [2.45, 2.75) is 17.9 Å². The lowest BCUT2D eigenvalue weighted by Gasteiger charge is -2.30. The fraction of sp³-hybridized carbons (Fsp3) is 0.208. The quantitative estimate of drug-likeness (QED) is 0.665. The Balaban J connectivity index is 1.69. The van der Waals surface area contributed by atoms with Crippen LogP contribution >= 0.6 is 0 Å². The molecule has 3 aromatic carbocycles. The second-order valence-corrected chi connectivity index (χ2v) is 9.18. The van der Waals surface area contributed by atoms with Crippen LogP contribution in [0.4, 0.5) is 0 Å². The van der Waals surface area contributed by atoms with Crippen molar-refractivity contribution in [2.24, 2.45) is 0 Å². The van der Waals surface area contributed by atoms with E-state index in [9.17, 15) is 13.2 Å². The highest BCUT2D eigenvalue weighted by molar-refractivity contribution is 7.89. The number of para-hydroxylation sites is 1. The van der Waals surface area contributed by atoms with Gasteiger partial charge >= 0.3 is 0 Å². The first-order valence-corrected chi connectivity index (χ1v) is 11.5. The maximum absolute atomic E-state index is 13.5. The molecule has 4 rings (SSSR count). The summed E-state index contributed by atoms with van der Waals surface area (Å²) in [6, 6.07) is 20.3. The topological polar surface area (TPSA) is 75.7 Å². The second-order valence-electron chi connectivity index (χ2n) is 7.32. The Morgan fingerprint density at radius 3 is 2.42 bits per heavy atom. The van der Waals surface area contributed by atoms with Crippen LogP contribution in [0, 0.1) is 0 Å². The molecule has 1 aliphatic rings. The molecule has 1 aliphatic heterocycles. The Hall–Kier alpha value is -3.16. The SMILES string of the molecule is CNS(=O)(=O)c1cccc2c1CCN(C(=O)c1ccccc1-c1ccccc1OC)C2. The van der Waals surface area contributed by atoms with E-state index in [4.69, 9.17) is 4.74 Å². The van der Waals surface area contributed by atoms with Gasteiger partial charge < -0.3 is 9.64 Å². The lowest BCUT2D eigenvalue weighted by Crippen LogP contribution is -2.37. The molecule has 31 heavy (non-hydrogen) atoms.